The van der Waals surface area contributed by atoms with E-state index >= 15 is 0 Å². The van der Waals surface area contributed by atoms with E-state index in [1.165, 1.54) is 13.2 Å². The van der Waals surface area contributed by atoms with Gasteiger partial charge < -0.3 is 19.8 Å². The normalized spacial score (nSPS) is 9.81. The summed E-state index contributed by atoms with van der Waals surface area (Å²) in [6.07, 6.45) is 6.96. The van der Waals surface area contributed by atoms with E-state index in [-0.39, 0.29) is 30.9 Å². The van der Waals surface area contributed by atoms with Crippen LogP contribution in [-0.2, 0) is 20.9 Å². The fourth-order valence-corrected chi connectivity index (χ4v) is 2.85. The van der Waals surface area contributed by atoms with Crippen LogP contribution in [0.3, 0.4) is 0 Å². The van der Waals surface area contributed by atoms with Crippen molar-refractivity contribution in [3.8, 4) is 5.88 Å². The van der Waals surface area contributed by atoms with E-state index < -0.39 is 11.8 Å². The van der Waals surface area contributed by atoms with Crippen LogP contribution >= 0.6 is 0 Å². The molecule has 0 saturated carbocycles. The van der Waals surface area contributed by atoms with Crippen molar-refractivity contribution >= 4 is 28.9 Å². The summed E-state index contributed by atoms with van der Waals surface area (Å²) < 4.78 is 12.2. The third-order valence-corrected chi connectivity index (χ3v) is 4.02. The Morgan fingerprint density at radius 2 is 1.94 bits per heavy atom. The maximum atomic E-state index is 12.3. The zero-order valence-electron chi connectivity index (χ0n) is 19.5. The molecule has 2 N–H and O–H groups in total. The number of carbonyl (C=O) groups is 3. The number of carbonyl (C=O) groups excluding carboxylic acids is 3. The molecule has 0 unspecified atom stereocenters. The molecule has 0 atom stereocenters. The van der Waals surface area contributed by atoms with Crippen LogP contribution in [-0.4, -0.2) is 47.9 Å². The first-order valence-electron chi connectivity index (χ1n) is 10.2. The molecular weight excluding hydrogens is 410 g/mol. The Labute approximate surface area is 189 Å². The highest BCUT2D eigenvalue weighted by Gasteiger charge is 2.24. The Morgan fingerprint density at radius 3 is 2.50 bits per heavy atom. The Morgan fingerprint density at radius 1 is 1.28 bits per heavy atom. The highest BCUT2D eigenvalue weighted by Crippen LogP contribution is 2.32. The first kappa shape index (κ1) is 28.5. The summed E-state index contributed by atoms with van der Waals surface area (Å²) in [7, 11) is 1.50. The van der Waals surface area contributed by atoms with Gasteiger partial charge in [-0.15, -0.1) is 0 Å². The van der Waals surface area contributed by atoms with E-state index in [1.807, 2.05) is 18.4 Å². The summed E-state index contributed by atoms with van der Waals surface area (Å²) >= 11 is 0. The average molecular weight is 444 g/mol. The number of aromatic nitrogens is 2. The molecule has 0 bridgehead atoms. The summed E-state index contributed by atoms with van der Waals surface area (Å²) in [4.78, 5) is 39.3. The van der Waals surface area contributed by atoms with Gasteiger partial charge in [-0.05, 0) is 32.5 Å². The second-order valence-electron chi connectivity index (χ2n) is 5.89. The lowest BCUT2D eigenvalue weighted by molar-refractivity contribution is -0.145. The summed E-state index contributed by atoms with van der Waals surface area (Å²) in [5.41, 5.74) is 6.69. The fourth-order valence-electron chi connectivity index (χ4n) is 2.85. The Balaban J connectivity index is 0.00000227. The van der Waals surface area contributed by atoms with Gasteiger partial charge in [-0.2, -0.15) is 0 Å². The van der Waals surface area contributed by atoms with Crippen LogP contribution in [0.5, 0.6) is 5.88 Å². The molecule has 0 saturated heterocycles. The molecule has 0 amide bonds. The van der Waals surface area contributed by atoms with Gasteiger partial charge in [0.1, 0.15) is 0 Å². The lowest BCUT2D eigenvalue weighted by Gasteiger charge is -2.09. The number of Topliss-reactive ketones (excluding diaryl/α,β-unsaturated/α-hetero) is 1. The number of hydrogen-bond acceptors (Lipinski definition) is 7. The Hall–Kier alpha value is -3.52. The highest BCUT2D eigenvalue weighted by molar-refractivity contribution is 6.37. The van der Waals surface area contributed by atoms with E-state index in [0.717, 1.165) is 5.57 Å². The zero-order chi connectivity index (χ0) is 24.7. The summed E-state index contributed by atoms with van der Waals surface area (Å²) in [6, 6.07) is 1.71. The van der Waals surface area contributed by atoms with Crippen LogP contribution < -0.4 is 10.5 Å². The van der Waals surface area contributed by atoms with Gasteiger partial charge in [0, 0.05) is 18.4 Å². The quantitative estimate of drug-likeness (QED) is 0.196. The van der Waals surface area contributed by atoms with Gasteiger partial charge in [0.25, 0.3) is 0 Å². The standard InChI is InChI=1S/C21H22N2O5.C2H6.CH5N/c1-5-7-8-14(3)11-23-15(4)19(17(25)12-24)20-16(23)9-10-22-21(20)28-13-18(26)27-6-2;2*1-2/h5,7-10,12H,1,3,6,11,13H2,2,4H3;1-2H3;2H2,1H3/b8-7-;;. The summed E-state index contributed by atoms with van der Waals surface area (Å²) in [5.74, 6) is -1.16. The molecule has 2 rings (SSSR count). The van der Waals surface area contributed by atoms with Crippen LogP contribution in [0.1, 0.15) is 36.8 Å². The molecule has 0 spiro atoms. The smallest absolute Gasteiger partial charge is 0.344 e. The predicted octanol–water partition coefficient (Wildman–Crippen LogP) is 3.57. The molecule has 0 aromatic carbocycles. The lowest BCUT2D eigenvalue weighted by Crippen LogP contribution is -2.15. The van der Waals surface area contributed by atoms with Crippen LogP contribution in [0.4, 0.5) is 0 Å². The third kappa shape index (κ3) is 7.31. The third-order valence-electron chi connectivity index (χ3n) is 4.02. The van der Waals surface area contributed by atoms with Crippen LogP contribution in [0, 0.1) is 6.92 Å². The van der Waals surface area contributed by atoms with Gasteiger partial charge in [0.05, 0.1) is 23.1 Å². The maximum absolute atomic E-state index is 12.3. The molecule has 0 fully saturated rings. The van der Waals surface area contributed by atoms with E-state index in [0.29, 0.717) is 23.1 Å². The fraction of sp³-hybridized carbons (Fsp3) is 0.333. The number of esters is 1. The molecule has 8 nitrogen and oxygen atoms in total. The van der Waals surface area contributed by atoms with Crippen LogP contribution in [0.15, 0.2) is 49.2 Å². The summed E-state index contributed by atoms with van der Waals surface area (Å²) in [5, 5.41) is 0.377. The Bertz CT molecular complexity index is 974. The second kappa shape index (κ2) is 15.3. The highest BCUT2D eigenvalue weighted by atomic mass is 16.6. The number of hydrogen-bond donors (Lipinski definition) is 1. The number of allylic oxidation sites excluding steroid dienone is 4. The lowest BCUT2D eigenvalue weighted by atomic mass is 10.1. The van der Waals surface area contributed by atoms with Gasteiger partial charge in [-0.1, -0.05) is 45.2 Å². The maximum Gasteiger partial charge on any atom is 0.344 e. The number of fused-ring (bicyclic) bond motifs is 1. The predicted molar refractivity (Wildman–Crippen MR) is 127 cm³/mol. The molecule has 8 heteroatoms. The van der Waals surface area contributed by atoms with E-state index in [9.17, 15) is 14.4 Å². The van der Waals surface area contributed by atoms with Gasteiger partial charge in [-0.3, -0.25) is 9.59 Å². The SMILES string of the molecule is C=C/C=C\C(=C)Cn1c(C)c(C(=O)C=O)c2c(OCC(=O)OCC)nccc21.CC.CN. The summed E-state index contributed by atoms with van der Waals surface area (Å²) in [6.45, 7) is 15.3. The molecule has 0 aliphatic rings. The minimum Gasteiger partial charge on any atom is -0.465 e. The number of pyridine rings is 1. The first-order valence-corrected chi connectivity index (χ1v) is 10.2. The van der Waals surface area contributed by atoms with Gasteiger partial charge in [0.2, 0.25) is 11.7 Å². The number of ketones is 1. The zero-order valence-corrected chi connectivity index (χ0v) is 19.5. The molecule has 0 aliphatic heterocycles. The molecule has 32 heavy (non-hydrogen) atoms. The van der Waals surface area contributed by atoms with E-state index in [1.54, 1.807) is 38.1 Å². The number of nitrogens with zero attached hydrogens (tertiary/aromatic N) is 2. The minimum absolute atomic E-state index is 0.0878. The van der Waals surface area contributed by atoms with Crippen molar-refractivity contribution in [3.05, 3.63) is 60.5 Å². The van der Waals surface area contributed by atoms with Gasteiger partial charge in [0.15, 0.2) is 12.9 Å². The first-order chi connectivity index (χ1) is 15.4. The average Bonchev–Trinajstić information content (AvgIpc) is 3.10. The molecule has 2 aromatic rings. The monoisotopic (exact) mass is 443 g/mol. The van der Waals surface area contributed by atoms with Crippen molar-refractivity contribution in [1.82, 2.24) is 9.55 Å². The van der Waals surface area contributed by atoms with Crippen molar-refractivity contribution in [3.63, 3.8) is 0 Å². The molecule has 0 aliphatic carbocycles. The van der Waals surface area contributed by atoms with Crippen LogP contribution in [0.25, 0.3) is 10.9 Å². The van der Waals surface area contributed by atoms with Crippen molar-refractivity contribution in [1.29, 1.82) is 0 Å². The van der Waals surface area contributed by atoms with Crippen molar-refractivity contribution in [2.45, 2.75) is 34.2 Å². The van der Waals surface area contributed by atoms with Crippen LogP contribution in [0.2, 0.25) is 0 Å². The second-order valence-corrected chi connectivity index (χ2v) is 5.89. The van der Waals surface area contributed by atoms with Crippen molar-refractivity contribution < 1.29 is 23.9 Å². The van der Waals surface area contributed by atoms with E-state index in [4.69, 9.17) is 9.47 Å². The van der Waals surface area contributed by atoms with Crippen molar-refractivity contribution in [2.24, 2.45) is 5.73 Å². The number of aldehydes is 1. The minimum atomic E-state index is -0.692. The molecule has 2 aromatic heterocycles. The molecule has 174 valence electrons. The largest absolute Gasteiger partial charge is 0.465 e. The topological polar surface area (TPSA) is 114 Å². The molecule has 0 radical (unpaired) electrons. The van der Waals surface area contributed by atoms with E-state index in [2.05, 4.69) is 23.9 Å². The van der Waals surface area contributed by atoms with Gasteiger partial charge in [-0.25, -0.2) is 9.78 Å². The Kier molecular flexibility index (Phi) is 13.6. The number of ether oxygens (including phenoxy) is 2. The number of nitrogens with two attached hydrogens (primary N) is 1. The van der Waals surface area contributed by atoms with Crippen molar-refractivity contribution in [2.75, 3.05) is 20.3 Å². The van der Waals surface area contributed by atoms with Gasteiger partial charge >= 0.3 is 5.97 Å². The molecular formula is C24H33N3O5. The number of rotatable bonds is 10. The molecule has 2 heterocycles.